The number of ether oxygens (including phenoxy) is 1. The van der Waals surface area contributed by atoms with Crippen molar-refractivity contribution in [1.82, 2.24) is 9.78 Å². The number of hydrogen-bond acceptors (Lipinski definition) is 5. The van der Waals surface area contributed by atoms with Crippen molar-refractivity contribution in [3.05, 3.63) is 17.5 Å². The van der Waals surface area contributed by atoms with Crippen LogP contribution in [-0.2, 0) is 32.2 Å². The lowest BCUT2D eigenvalue weighted by Crippen LogP contribution is -2.24. The third kappa shape index (κ3) is 3.56. The minimum Gasteiger partial charge on any atom is -0.469 e. The number of rotatable bonds is 5. The van der Waals surface area contributed by atoms with Gasteiger partial charge in [0.15, 0.2) is 9.84 Å². The van der Waals surface area contributed by atoms with Crippen molar-refractivity contribution in [2.45, 2.75) is 31.3 Å². The minimum absolute atomic E-state index is 0.123. The average molecular weight is 274 g/mol. The van der Waals surface area contributed by atoms with Crippen LogP contribution in [0.2, 0.25) is 0 Å². The Morgan fingerprint density at radius 3 is 2.61 bits per heavy atom. The second-order valence-corrected chi connectivity index (χ2v) is 6.72. The summed E-state index contributed by atoms with van der Waals surface area (Å²) < 4.78 is 30.1. The molecular weight excluding hydrogens is 256 g/mol. The van der Waals surface area contributed by atoms with E-state index in [-0.39, 0.29) is 12.2 Å². The highest BCUT2D eigenvalue weighted by Gasteiger charge is 2.25. The molecule has 7 heteroatoms. The van der Waals surface area contributed by atoms with E-state index in [0.29, 0.717) is 5.69 Å². The Labute approximate surface area is 107 Å². The van der Waals surface area contributed by atoms with Crippen LogP contribution in [0.5, 0.6) is 0 Å². The lowest BCUT2D eigenvalue weighted by Gasteiger charge is -2.11. The number of nitrogens with zero attached hydrogens (tertiary/aromatic N) is 2. The monoisotopic (exact) mass is 274 g/mol. The molecule has 0 aliphatic carbocycles. The average Bonchev–Trinajstić information content (AvgIpc) is 2.56. The molecule has 0 amide bonds. The van der Waals surface area contributed by atoms with Crippen LogP contribution in [-0.4, -0.2) is 36.5 Å². The molecule has 0 aromatic carbocycles. The van der Waals surface area contributed by atoms with Gasteiger partial charge in [0.05, 0.1) is 35.9 Å². The predicted molar refractivity (Wildman–Crippen MR) is 66.7 cm³/mol. The van der Waals surface area contributed by atoms with E-state index in [1.165, 1.54) is 18.7 Å². The van der Waals surface area contributed by atoms with Crippen molar-refractivity contribution in [2.24, 2.45) is 7.05 Å². The normalized spacial score (nSPS) is 13.3. The summed E-state index contributed by atoms with van der Waals surface area (Å²) in [5.74, 6) is -0.644. The lowest BCUT2D eigenvalue weighted by molar-refractivity contribution is -0.140. The van der Waals surface area contributed by atoms with Gasteiger partial charge in [-0.15, -0.1) is 0 Å². The molecule has 0 radical (unpaired) electrons. The van der Waals surface area contributed by atoms with Crippen LogP contribution in [0.4, 0.5) is 0 Å². The molecule has 0 bridgehead atoms. The maximum absolute atomic E-state index is 12.1. The van der Waals surface area contributed by atoms with E-state index in [1.54, 1.807) is 20.0 Å². The smallest absolute Gasteiger partial charge is 0.306 e. The molecule has 1 atom stereocenters. The quantitative estimate of drug-likeness (QED) is 0.734. The van der Waals surface area contributed by atoms with Crippen molar-refractivity contribution in [3.8, 4) is 0 Å². The summed E-state index contributed by atoms with van der Waals surface area (Å²) >= 11 is 0. The molecule has 1 aromatic rings. The van der Waals surface area contributed by atoms with Crippen LogP contribution in [0.25, 0.3) is 0 Å². The van der Waals surface area contributed by atoms with Gasteiger partial charge in [0.1, 0.15) is 0 Å². The second kappa shape index (κ2) is 5.51. The number of hydrogen-bond donors (Lipinski definition) is 0. The van der Waals surface area contributed by atoms with Crippen LogP contribution in [0.15, 0.2) is 6.07 Å². The number of aryl methyl sites for hydroxylation is 2. The van der Waals surface area contributed by atoms with Crippen LogP contribution in [0.1, 0.15) is 24.7 Å². The van der Waals surface area contributed by atoms with Gasteiger partial charge in [0.25, 0.3) is 0 Å². The van der Waals surface area contributed by atoms with Crippen LogP contribution in [0.3, 0.4) is 0 Å². The number of aromatic nitrogens is 2. The summed E-state index contributed by atoms with van der Waals surface area (Å²) in [4.78, 5) is 11.1. The fraction of sp³-hybridized carbons (Fsp3) is 0.636. The van der Waals surface area contributed by atoms with Crippen LogP contribution in [0, 0.1) is 6.92 Å². The molecule has 0 spiro atoms. The third-order valence-corrected chi connectivity index (χ3v) is 4.83. The Balaban J connectivity index is 2.82. The molecule has 1 rings (SSSR count). The highest BCUT2D eigenvalue weighted by atomic mass is 32.2. The maximum Gasteiger partial charge on any atom is 0.306 e. The number of sulfone groups is 1. The first-order chi connectivity index (χ1) is 8.26. The zero-order valence-corrected chi connectivity index (χ0v) is 11.8. The summed E-state index contributed by atoms with van der Waals surface area (Å²) in [7, 11) is -0.450. The van der Waals surface area contributed by atoms with E-state index in [1.807, 2.05) is 0 Å². The van der Waals surface area contributed by atoms with E-state index in [2.05, 4.69) is 9.84 Å². The highest BCUT2D eigenvalue weighted by Crippen LogP contribution is 2.14. The SMILES string of the molecule is COC(=O)CC(C)S(=O)(=O)Cc1cc(C)nn1C. The van der Waals surface area contributed by atoms with Gasteiger partial charge in [-0.2, -0.15) is 5.10 Å². The van der Waals surface area contributed by atoms with Crippen molar-refractivity contribution in [3.63, 3.8) is 0 Å². The molecule has 0 aliphatic heterocycles. The predicted octanol–water partition coefficient (Wildman–Crippen LogP) is 0.595. The van der Waals surface area contributed by atoms with Crippen molar-refractivity contribution in [1.29, 1.82) is 0 Å². The summed E-state index contributed by atoms with van der Waals surface area (Å²) in [5.41, 5.74) is 1.38. The van der Waals surface area contributed by atoms with Crippen LogP contribution >= 0.6 is 0 Å². The zero-order valence-electron chi connectivity index (χ0n) is 11.0. The molecule has 0 N–H and O–H groups in total. The van der Waals surface area contributed by atoms with E-state index in [9.17, 15) is 13.2 Å². The standard InChI is InChI=1S/C11H18N2O4S/c1-8-5-10(13(3)12-8)7-18(15,16)9(2)6-11(14)17-4/h5,9H,6-7H2,1-4H3. The Morgan fingerprint density at radius 1 is 1.56 bits per heavy atom. The molecule has 0 fully saturated rings. The van der Waals surface area contributed by atoms with Gasteiger partial charge >= 0.3 is 5.97 Å². The Bertz CT molecular complexity index is 533. The largest absolute Gasteiger partial charge is 0.469 e. The molecule has 0 saturated heterocycles. The van der Waals surface area contributed by atoms with E-state index in [4.69, 9.17) is 0 Å². The van der Waals surface area contributed by atoms with E-state index >= 15 is 0 Å². The van der Waals surface area contributed by atoms with E-state index in [0.717, 1.165) is 5.69 Å². The van der Waals surface area contributed by atoms with Gasteiger partial charge < -0.3 is 4.74 Å². The highest BCUT2D eigenvalue weighted by molar-refractivity contribution is 7.91. The van der Waals surface area contributed by atoms with Gasteiger partial charge in [-0.25, -0.2) is 8.42 Å². The third-order valence-electron chi connectivity index (χ3n) is 2.74. The summed E-state index contributed by atoms with van der Waals surface area (Å²) in [6, 6.07) is 1.72. The Hall–Kier alpha value is -1.37. The summed E-state index contributed by atoms with van der Waals surface area (Å²) in [6.45, 7) is 3.31. The first-order valence-electron chi connectivity index (χ1n) is 5.54. The number of carbonyl (C=O) groups excluding carboxylic acids is 1. The first kappa shape index (κ1) is 14.7. The number of carbonyl (C=O) groups is 1. The maximum atomic E-state index is 12.1. The van der Waals surface area contributed by atoms with Crippen LogP contribution < -0.4 is 0 Å². The van der Waals surface area contributed by atoms with Crippen molar-refractivity contribution >= 4 is 15.8 Å². The molecule has 0 aliphatic rings. The molecule has 102 valence electrons. The molecule has 1 unspecified atom stereocenters. The van der Waals surface area contributed by atoms with Gasteiger partial charge in [-0.1, -0.05) is 0 Å². The number of methoxy groups -OCH3 is 1. The minimum atomic E-state index is -3.39. The fourth-order valence-electron chi connectivity index (χ4n) is 1.59. The van der Waals surface area contributed by atoms with Crippen molar-refractivity contribution < 1.29 is 17.9 Å². The summed E-state index contributed by atoms with van der Waals surface area (Å²) in [5, 5.41) is 3.33. The van der Waals surface area contributed by atoms with Gasteiger partial charge in [0, 0.05) is 7.05 Å². The molecule has 6 nitrogen and oxygen atoms in total. The summed E-state index contributed by atoms with van der Waals surface area (Å²) in [6.07, 6.45) is -0.129. The topological polar surface area (TPSA) is 78.3 Å². The molecular formula is C11H18N2O4S. The zero-order chi connectivity index (χ0) is 13.9. The second-order valence-electron chi connectivity index (χ2n) is 4.30. The van der Waals surface area contributed by atoms with Gasteiger partial charge in [0.2, 0.25) is 0 Å². The molecule has 1 aromatic heterocycles. The number of esters is 1. The lowest BCUT2D eigenvalue weighted by atomic mass is 10.3. The van der Waals surface area contributed by atoms with Gasteiger partial charge in [-0.05, 0) is 19.9 Å². The van der Waals surface area contributed by atoms with Crippen molar-refractivity contribution in [2.75, 3.05) is 7.11 Å². The van der Waals surface area contributed by atoms with Gasteiger partial charge in [-0.3, -0.25) is 9.48 Å². The van der Waals surface area contributed by atoms with E-state index < -0.39 is 21.1 Å². The molecule has 1 heterocycles. The Morgan fingerprint density at radius 2 is 2.17 bits per heavy atom. The first-order valence-corrected chi connectivity index (χ1v) is 7.25. The fourth-order valence-corrected chi connectivity index (χ4v) is 2.95. The molecule has 0 saturated carbocycles. The Kier molecular flexibility index (Phi) is 4.50. The molecule has 18 heavy (non-hydrogen) atoms.